The topological polar surface area (TPSA) is 80.6 Å². The molecule has 3 fully saturated rings. The Bertz CT molecular complexity index is 1140. The van der Waals surface area contributed by atoms with Crippen molar-refractivity contribution in [3.63, 3.8) is 0 Å². The summed E-state index contributed by atoms with van der Waals surface area (Å²) in [5, 5.41) is 0.960. The van der Waals surface area contributed by atoms with Crippen LogP contribution in [0.15, 0.2) is 24.8 Å². The molecule has 1 N–H and O–H groups in total. The van der Waals surface area contributed by atoms with Crippen LogP contribution in [0.2, 0.25) is 0 Å². The average molecular weight is 398 g/mol. The van der Waals surface area contributed by atoms with E-state index in [1.54, 1.807) is 12.5 Å². The zero-order valence-electron chi connectivity index (χ0n) is 14.3. The predicted octanol–water partition coefficient (Wildman–Crippen LogP) is 3.16. The lowest BCUT2D eigenvalue weighted by Crippen LogP contribution is -2.69. The van der Waals surface area contributed by atoms with E-state index >= 15 is 0 Å². The first kappa shape index (κ1) is 17.0. The zero-order valence-corrected chi connectivity index (χ0v) is 15.1. The molecular formula is C17H17F3N4O2S. The minimum Gasteiger partial charge on any atom is -0.346 e. The highest BCUT2D eigenvalue weighted by Gasteiger charge is 2.70. The van der Waals surface area contributed by atoms with E-state index in [4.69, 9.17) is 0 Å². The van der Waals surface area contributed by atoms with E-state index in [0.29, 0.717) is 19.3 Å². The first-order valence-electron chi connectivity index (χ1n) is 8.67. The van der Waals surface area contributed by atoms with E-state index in [1.807, 2.05) is 12.3 Å². The van der Waals surface area contributed by atoms with Crippen molar-refractivity contribution in [1.29, 1.82) is 0 Å². The summed E-state index contributed by atoms with van der Waals surface area (Å²) in [4.78, 5) is 11.8. The molecule has 2 bridgehead atoms. The van der Waals surface area contributed by atoms with E-state index in [-0.39, 0.29) is 16.7 Å². The molecule has 3 aromatic heterocycles. The molecule has 3 aromatic rings. The number of alkyl halides is 3. The first-order chi connectivity index (χ1) is 12.6. The van der Waals surface area contributed by atoms with Crippen molar-refractivity contribution in [2.75, 3.05) is 11.5 Å². The number of aromatic nitrogens is 4. The molecule has 0 amide bonds. The van der Waals surface area contributed by atoms with Crippen LogP contribution in [0.5, 0.6) is 0 Å². The molecule has 3 aliphatic carbocycles. The Balaban J connectivity index is 1.37. The second kappa shape index (κ2) is 5.03. The number of aromatic amines is 1. The van der Waals surface area contributed by atoms with Gasteiger partial charge in [0.25, 0.3) is 0 Å². The van der Waals surface area contributed by atoms with Crippen LogP contribution in [-0.2, 0) is 15.4 Å². The fraction of sp³-hybridized carbons (Fsp3) is 0.529. The molecule has 27 heavy (non-hydrogen) atoms. The van der Waals surface area contributed by atoms with E-state index < -0.39 is 28.2 Å². The third kappa shape index (κ3) is 2.56. The maximum atomic E-state index is 12.3. The monoisotopic (exact) mass is 398 g/mol. The number of sulfone groups is 1. The van der Waals surface area contributed by atoms with Crippen LogP contribution in [-0.4, -0.2) is 45.6 Å². The second-order valence-electron chi connectivity index (χ2n) is 8.06. The third-order valence-corrected chi connectivity index (χ3v) is 7.82. The molecule has 0 aromatic carbocycles. The fourth-order valence-corrected chi connectivity index (χ4v) is 6.95. The van der Waals surface area contributed by atoms with Crippen molar-refractivity contribution < 1.29 is 21.6 Å². The van der Waals surface area contributed by atoms with Crippen molar-refractivity contribution in [2.24, 2.45) is 5.41 Å². The Kier molecular flexibility index (Phi) is 3.17. The molecular weight excluding hydrogens is 381 g/mol. The minimum atomic E-state index is -4.45. The van der Waals surface area contributed by atoms with Crippen molar-refractivity contribution in [3.8, 4) is 0 Å². The minimum absolute atomic E-state index is 0.161. The molecule has 0 spiro atoms. The molecule has 3 saturated carbocycles. The smallest absolute Gasteiger partial charge is 0.346 e. The van der Waals surface area contributed by atoms with Crippen LogP contribution in [0.3, 0.4) is 0 Å². The average Bonchev–Trinajstić information content (AvgIpc) is 3.12. The molecule has 3 heterocycles. The van der Waals surface area contributed by atoms with Crippen molar-refractivity contribution in [1.82, 2.24) is 19.5 Å². The second-order valence-corrected chi connectivity index (χ2v) is 10.2. The fourth-order valence-electron chi connectivity index (χ4n) is 5.03. The van der Waals surface area contributed by atoms with Gasteiger partial charge in [-0.1, -0.05) is 0 Å². The SMILES string of the molecule is O=S(=O)(CCC(F)(F)F)CC12CC(n3cnc4cnc5[nH]ccc5c43)(C1)C2. The largest absolute Gasteiger partial charge is 0.390 e. The molecule has 0 radical (unpaired) electrons. The lowest BCUT2D eigenvalue weighted by atomic mass is 9.40. The van der Waals surface area contributed by atoms with E-state index in [9.17, 15) is 21.6 Å². The van der Waals surface area contributed by atoms with Crippen molar-refractivity contribution in [2.45, 2.75) is 37.4 Å². The molecule has 10 heteroatoms. The maximum absolute atomic E-state index is 12.3. The van der Waals surface area contributed by atoms with Crippen LogP contribution in [0.4, 0.5) is 13.2 Å². The number of hydrogen-bond donors (Lipinski definition) is 1. The van der Waals surface area contributed by atoms with Gasteiger partial charge >= 0.3 is 6.18 Å². The number of pyridine rings is 1. The first-order valence-corrected chi connectivity index (χ1v) is 10.5. The number of hydrogen-bond acceptors (Lipinski definition) is 4. The van der Waals surface area contributed by atoms with Crippen molar-refractivity contribution in [3.05, 3.63) is 24.8 Å². The van der Waals surface area contributed by atoms with Gasteiger partial charge in [-0.2, -0.15) is 13.2 Å². The van der Waals surface area contributed by atoms with Gasteiger partial charge in [-0.25, -0.2) is 18.4 Å². The Labute approximate surface area is 152 Å². The Morgan fingerprint density at radius 2 is 1.96 bits per heavy atom. The van der Waals surface area contributed by atoms with E-state index in [2.05, 4.69) is 19.5 Å². The van der Waals surface area contributed by atoms with E-state index in [1.165, 1.54) is 0 Å². The predicted molar refractivity (Wildman–Crippen MR) is 93.0 cm³/mol. The molecule has 6 rings (SSSR count). The summed E-state index contributed by atoms with van der Waals surface area (Å²) in [5.41, 5.74) is 1.94. The lowest BCUT2D eigenvalue weighted by molar-refractivity contribution is -0.168. The highest BCUT2D eigenvalue weighted by molar-refractivity contribution is 7.91. The Morgan fingerprint density at radius 3 is 2.67 bits per heavy atom. The number of fused-ring (bicyclic) bond motifs is 3. The van der Waals surface area contributed by atoms with Crippen LogP contribution in [0.1, 0.15) is 25.7 Å². The number of halogens is 3. The maximum Gasteiger partial charge on any atom is 0.390 e. The molecule has 0 aliphatic heterocycles. The summed E-state index contributed by atoms with van der Waals surface area (Å²) in [6.07, 6.45) is 1.53. The third-order valence-electron chi connectivity index (χ3n) is 5.94. The van der Waals surface area contributed by atoms with Crippen LogP contribution in [0, 0.1) is 5.41 Å². The Hall–Kier alpha value is -2.10. The van der Waals surface area contributed by atoms with Gasteiger partial charge in [-0.3, -0.25) is 0 Å². The molecule has 3 aliphatic rings. The van der Waals surface area contributed by atoms with Gasteiger partial charge < -0.3 is 9.55 Å². The van der Waals surface area contributed by atoms with Gasteiger partial charge in [0.15, 0.2) is 9.84 Å². The highest BCUT2D eigenvalue weighted by Crippen LogP contribution is 2.72. The van der Waals surface area contributed by atoms with E-state index in [0.717, 1.165) is 22.1 Å². The highest BCUT2D eigenvalue weighted by atomic mass is 32.2. The molecule has 0 unspecified atom stereocenters. The van der Waals surface area contributed by atoms with Crippen LogP contribution in [0.25, 0.3) is 22.1 Å². The summed E-state index contributed by atoms with van der Waals surface area (Å²) in [5.74, 6) is -0.986. The standard InChI is InChI=1S/C17H17F3N4O2S/c18-17(19,20)2-4-27(25,26)9-15-6-16(7-15,8-15)24-10-23-12-5-22-14-11(13(12)24)1-3-21-14/h1,3,5,10H,2,4,6-9H2,(H,21,22). The zero-order chi connectivity index (χ0) is 19.1. The lowest BCUT2D eigenvalue weighted by Gasteiger charge is -2.71. The number of imidazole rings is 1. The normalized spacial score (nSPS) is 27.7. The summed E-state index contributed by atoms with van der Waals surface area (Å²) in [6.45, 7) is 0. The van der Waals surface area contributed by atoms with Gasteiger partial charge in [-0.05, 0) is 30.7 Å². The molecule has 144 valence electrons. The van der Waals surface area contributed by atoms with Gasteiger partial charge in [0.05, 0.1) is 36.0 Å². The van der Waals surface area contributed by atoms with Crippen molar-refractivity contribution >= 4 is 31.9 Å². The van der Waals surface area contributed by atoms with Gasteiger partial charge in [-0.15, -0.1) is 0 Å². The van der Waals surface area contributed by atoms with Gasteiger partial charge in [0.1, 0.15) is 11.2 Å². The summed E-state index contributed by atoms with van der Waals surface area (Å²) in [7, 11) is -3.72. The number of nitrogens with one attached hydrogen (secondary N) is 1. The molecule has 0 atom stereocenters. The molecule has 0 saturated heterocycles. The van der Waals surface area contributed by atoms with Gasteiger partial charge in [0.2, 0.25) is 0 Å². The van der Waals surface area contributed by atoms with Crippen LogP contribution >= 0.6 is 0 Å². The molecule has 6 nitrogen and oxygen atoms in total. The summed E-state index contributed by atoms with van der Waals surface area (Å²) < 4.78 is 63.4. The number of nitrogens with zero attached hydrogens (tertiary/aromatic N) is 3. The summed E-state index contributed by atoms with van der Waals surface area (Å²) in [6, 6.07) is 1.94. The summed E-state index contributed by atoms with van der Waals surface area (Å²) >= 11 is 0. The van der Waals surface area contributed by atoms with Crippen LogP contribution < -0.4 is 0 Å². The number of H-pyrrole nitrogens is 1. The van der Waals surface area contributed by atoms with Gasteiger partial charge in [0, 0.05) is 17.1 Å². The quantitative estimate of drug-likeness (QED) is 0.716. The number of rotatable bonds is 5. The Morgan fingerprint density at radius 1 is 1.22 bits per heavy atom.